The first-order chi connectivity index (χ1) is 10.9. The molecule has 2 heterocycles. The van der Waals surface area contributed by atoms with Gasteiger partial charge in [0.25, 0.3) is 5.91 Å². The third-order valence-electron chi connectivity index (χ3n) is 4.75. The van der Waals surface area contributed by atoms with Gasteiger partial charge >= 0.3 is 0 Å². The molecule has 0 aromatic heterocycles. The Hall–Kier alpha value is -1.53. The van der Waals surface area contributed by atoms with Gasteiger partial charge < -0.3 is 14.5 Å². The summed E-state index contributed by atoms with van der Waals surface area (Å²) in [6.07, 6.45) is 1.60. The van der Waals surface area contributed by atoms with Crippen LogP contribution in [0, 0.1) is 11.6 Å². The number of benzene rings is 1. The van der Waals surface area contributed by atoms with Gasteiger partial charge in [0.2, 0.25) is 0 Å². The number of ether oxygens (including phenoxy) is 1. The lowest BCUT2D eigenvalue weighted by molar-refractivity contribution is -0.160. The highest BCUT2D eigenvalue weighted by Gasteiger charge is 2.43. The SMILES string of the molecule is CC1CN(C(=O)c2ccc(F)cc2F)CC2(CCN(C)CC2)O1. The van der Waals surface area contributed by atoms with Gasteiger partial charge in [-0.2, -0.15) is 0 Å². The number of hydrogen-bond donors (Lipinski definition) is 0. The first-order valence-corrected chi connectivity index (χ1v) is 7.99. The molecule has 1 amide bonds. The zero-order chi connectivity index (χ0) is 16.6. The number of amides is 1. The van der Waals surface area contributed by atoms with E-state index >= 15 is 0 Å². The zero-order valence-corrected chi connectivity index (χ0v) is 13.5. The molecule has 1 spiro atoms. The molecule has 0 bridgehead atoms. The van der Waals surface area contributed by atoms with Gasteiger partial charge in [0.1, 0.15) is 11.6 Å². The molecule has 2 saturated heterocycles. The van der Waals surface area contributed by atoms with Crippen LogP contribution in [0.1, 0.15) is 30.1 Å². The fourth-order valence-electron chi connectivity index (χ4n) is 3.51. The molecule has 4 nitrogen and oxygen atoms in total. The van der Waals surface area contributed by atoms with Gasteiger partial charge in [0.15, 0.2) is 0 Å². The zero-order valence-electron chi connectivity index (χ0n) is 13.5. The second-order valence-corrected chi connectivity index (χ2v) is 6.72. The van der Waals surface area contributed by atoms with Gasteiger partial charge in [-0.3, -0.25) is 4.79 Å². The number of morpholine rings is 1. The number of halogens is 2. The number of piperidine rings is 1. The molecule has 1 aromatic rings. The van der Waals surface area contributed by atoms with E-state index in [0.717, 1.165) is 38.1 Å². The Kier molecular flexibility index (Phi) is 4.38. The Morgan fingerprint density at radius 3 is 2.65 bits per heavy atom. The molecule has 0 radical (unpaired) electrons. The predicted molar refractivity (Wildman–Crippen MR) is 82.3 cm³/mol. The van der Waals surface area contributed by atoms with Gasteiger partial charge in [-0.15, -0.1) is 0 Å². The van der Waals surface area contributed by atoms with Crippen LogP contribution in [0.15, 0.2) is 18.2 Å². The van der Waals surface area contributed by atoms with Crippen LogP contribution < -0.4 is 0 Å². The summed E-state index contributed by atoms with van der Waals surface area (Å²) in [7, 11) is 2.07. The van der Waals surface area contributed by atoms with Crippen LogP contribution in [0.25, 0.3) is 0 Å². The molecule has 2 aliphatic rings. The van der Waals surface area contributed by atoms with Crippen molar-refractivity contribution in [1.29, 1.82) is 0 Å². The van der Waals surface area contributed by atoms with E-state index < -0.39 is 17.5 Å². The molecular weight excluding hydrogens is 302 g/mol. The minimum Gasteiger partial charge on any atom is -0.368 e. The number of hydrogen-bond acceptors (Lipinski definition) is 3. The van der Waals surface area contributed by atoms with E-state index in [-0.39, 0.29) is 17.3 Å². The molecule has 1 unspecified atom stereocenters. The fraction of sp³-hybridized carbons (Fsp3) is 0.588. The van der Waals surface area contributed by atoms with Crippen molar-refractivity contribution in [2.75, 3.05) is 33.2 Å². The third-order valence-corrected chi connectivity index (χ3v) is 4.75. The van der Waals surface area contributed by atoms with Crippen LogP contribution in [0.4, 0.5) is 8.78 Å². The molecule has 23 heavy (non-hydrogen) atoms. The highest BCUT2D eigenvalue weighted by molar-refractivity contribution is 5.94. The summed E-state index contributed by atoms with van der Waals surface area (Å²) in [4.78, 5) is 16.5. The predicted octanol–water partition coefficient (Wildman–Crippen LogP) is 2.29. The number of likely N-dealkylation sites (tertiary alicyclic amines) is 1. The molecule has 0 aliphatic carbocycles. The Balaban J connectivity index is 1.80. The van der Waals surface area contributed by atoms with Gasteiger partial charge in [0.05, 0.1) is 23.8 Å². The van der Waals surface area contributed by atoms with E-state index in [1.54, 1.807) is 4.90 Å². The number of carbonyl (C=O) groups is 1. The quantitative estimate of drug-likeness (QED) is 0.795. The molecule has 0 saturated carbocycles. The minimum absolute atomic E-state index is 0.0800. The van der Waals surface area contributed by atoms with Crippen LogP contribution in [-0.4, -0.2) is 60.6 Å². The largest absolute Gasteiger partial charge is 0.368 e. The molecule has 3 rings (SSSR count). The van der Waals surface area contributed by atoms with Gasteiger partial charge in [-0.05, 0) is 38.9 Å². The highest BCUT2D eigenvalue weighted by atomic mass is 19.1. The maximum absolute atomic E-state index is 13.9. The summed E-state index contributed by atoms with van der Waals surface area (Å²) >= 11 is 0. The lowest BCUT2D eigenvalue weighted by atomic mass is 9.88. The van der Waals surface area contributed by atoms with Crippen molar-refractivity contribution < 1.29 is 18.3 Å². The Bertz CT molecular complexity index is 600. The monoisotopic (exact) mass is 324 g/mol. The number of nitrogens with zero attached hydrogens (tertiary/aromatic N) is 2. The van der Waals surface area contributed by atoms with E-state index in [1.807, 2.05) is 6.92 Å². The van der Waals surface area contributed by atoms with E-state index in [1.165, 1.54) is 6.07 Å². The maximum atomic E-state index is 13.9. The number of rotatable bonds is 1. The topological polar surface area (TPSA) is 32.8 Å². The van der Waals surface area contributed by atoms with Gasteiger partial charge in [-0.1, -0.05) is 0 Å². The summed E-state index contributed by atoms with van der Waals surface area (Å²) in [5.74, 6) is -1.89. The summed E-state index contributed by atoms with van der Waals surface area (Å²) < 4.78 is 33.1. The van der Waals surface area contributed by atoms with Crippen molar-refractivity contribution in [3.63, 3.8) is 0 Å². The summed E-state index contributed by atoms with van der Waals surface area (Å²) in [6, 6.07) is 3.09. The molecular formula is C17H22F2N2O2. The standard InChI is InChI=1S/C17H22F2N2O2/c1-12-10-21(11-17(23-12)5-7-20(2)8-6-17)16(22)14-4-3-13(18)9-15(14)19/h3-4,9,12H,5-8,10-11H2,1-2H3. The number of carbonyl (C=O) groups excluding carboxylic acids is 1. The molecule has 2 fully saturated rings. The minimum atomic E-state index is -0.813. The van der Waals surface area contributed by atoms with Crippen molar-refractivity contribution in [3.8, 4) is 0 Å². The van der Waals surface area contributed by atoms with Crippen LogP contribution >= 0.6 is 0 Å². The van der Waals surface area contributed by atoms with Gasteiger partial charge in [0, 0.05) is 25.7 Å². The van der Waals surface area contributed by atoms with Crippen LogP contribution in [-0.2, 0) is 4.74 Å². The average Bonchev–Trinajstić information content (AvgIpc) is 2.49. The molecule has 1 aromatic carbocycles. The van der Waals surface area contributed by atoms with E-state index in [4.69, 9.17) is 4.74 Å². The molecule has 1 atom stereocenters. The van der Waals surface area contributed by atoms with Crippen molar-refractivity contribution in [1.82, 2.24) is 9.80 Å². The van der Waals surface area contributed by atoms with Crippen molar-refractivity contribution in [2.45, 2.75) is 31.5 Å². The third kappa shape index (κ3) is 3.38. The van der Waals surface area contributed by atoms with E-state index in [0.29, 0.717) is 13.1 Å². The van der Waals surface area contributed by atoms with Crippen molar-refractivity contribution in [2.24, 2.45) is 0 Å². The summed E-state index contributed by atoms with van der Waals surface area (Å²) in [6.45, 7) is 4.65. The first-order valence-electron chi connectivity index (χ1n) is 7.99. The Morgan fingerprint density at radius 2 is 2.00 bits per heavy atom. The second-order valence-electron chi connectivity index (χ2n) is 6.72. The van der Waals surface area contributed by atoms with Crippen molar-refractivity contribution >= 4 is 5.91 Å². The van der Waals surface area contributed by atoms with Crippen LogP contribution in [0.3, 0.4) is 0 Å². The average molecular weight is 324 g/mol. The Morgan fingerprint density at radius 1 is 1.30 bits per heavy atom. The lowest BCUT2D eigenvalue weighted by Crippen LogP contribution is -2.60. The van der Waals surface area contributed by atoms with Crippen LogP contribution in [0.5, 0.6) is 0 Å². The Labute approximate surface area is 135 Å². The molecule has 0 N–H and O–H groups in total. The molecule has 6 heteroatoms. The molecule has 126 valence electrons. The summed E-state index contributed by atoms with van der Waals surface area (Å²) in [5.41, 5.74) is -0.431. The lowest BCUT2D eigenvalue weighted by Gasteiger charge is -2.49. The fourth-order valence-corrected chi connectivity index (χ4v) is 3.51. The second kappa shape index (κ2) is 6.17. The normalized spacial score (nSPS) is 24.9. The van der Waals surface area contributed by atoms with E-state index in [9.17, 15) is 13.6 Å². The highest BCUT2D eigenvalue weighted by Crippen LogP contribution is 2.32. The van der Waals surface area contributed by atoms with E-state index in [2.05, 4.69) is 11.9 Å². The smallest absolute Gasteiger partial charge is 0.257 e. The summed E-state index contributed by atoms with van der Waals surface area (Å²) in [5, 5.41) is 0. The van der Waals surface area contributed by atoms with Crippen molar-refractivity contribution in [3.05, 3.63) is 35.4 Å². The van der Waals surface area contributed by atoms with Crippen LogP contribution in [0.2, 0.25) is 0 Å². The first kappa shape index (κ1) is 16.3. The maximum Gasteiger partial charge on any atom is 0.257 e. The molecule has 2 aliphatic heterocycles. The van der Waals surface area contributed by atoms with Gasteiger partial charge in [-0.25, -0.2) is 8.78 Å².